The van der Waals surface area contributed by atoms with E-state index in [-0.39, 0.29) is 5.88 Å². The van der Waals surface area contributed by atoms with E-state index in [0.29, 0.717) is 30.8 Å². The number of anilines is 1. The molecule has 0 unspecified atom stereocenters. The molecule has 0 aliphatic carbocycles. The van der Waals surface area contributed by atoms with Gasteiger partial charge in [0.25, 0.3) is 0 Å². The van der Waals surface area contributed by atoms with Crippen molar-refractivity contribution in [2.75, 3.05) is 25.1 Å². The summed E-state index contributed by atoms with van der Waals surface area (Å²) in [7, 11) is 1.51. The highest BCUT2D eigenvalue weighted by molar-refractivity contribution is 6.04. The maximum absolute atomic E-state index is 9.62. The van der Waals surface area contributed by atoms with Gasteiger partial charge >= 0.3 is 0 Å². The van der Waals surface area contributed by atoms with Crippen LogP contribution in [0.5, 0.6) is 0 Å². The van der Waals surface area contributed by atoms with Gasteiger partial charge in [-0.1, -0.05) is 24.3 Å². The molecule has 0 aromatic heterocycles. The fourth-order valence-corrected chi connectivity index (χ4v) is 3.75. The minimum absolute atomic E-state index is 0.273. The van der Waals surface area contributed by atoms with Crippen LogP contribution in [0.2, 0.25) is 0 Å². The van der Waals surface area contributed by atoms with Gasteiger partial charge in [0.05, 0.1) is 18.4 Å². The maximum atomic E-state index is 9.62. The summed E-state index contributed by atoms with van der Waals surface area (Å²) in [5.74, 6) is 0.668. The minimum Gasteiger partial charge on any atom is -0.481 e. The number of ether oxygens (including phenoxy) is 1. The molecule has 0 saturated carbocycles. The third-order valence-electron chi connectivity index (χ3n) is 5.62. The van der Waals surface area contributed by atoms with E-state index in [9.17, 15) is 5.26 Å². The number of methoxy groups -OCH3 is 1. The van der Waals surface area contributed by atoms with Crippen LogP contribution in [0.4, 0.5) is 5.69 Å². The molecule has 0 amide bonds. The molecule has 168 valence electrons. The van der Waals surface area contributed by atoms with E-state index in [4.69, 9.17) is 10.5 Å². The van der Waals surface area contributed by atoms with Gasteiger partial charge in [0, 0.05) is 25.0 Å². The summed E-state index contributed by atoms with van der Waals surface area (Å²) in [6, 6.07) is 8.36. The number of rotatable bonds is 9. The van der Waals surface area contributed by atoms with E-state index in [2.05, 4.69) is 41.0 Å². The van der Waals surface area contributed by atoms with Crippen molar-refractivity contribution in [1.82, 2.24) is 0 Å². The Morgan fingerprint density at radius 1 is 1.34 bits per heavy atom. The lowest BCUT2D eigenvalue weighted by molar-refractivity contribution is 0.290. The Labute approximate surface area is 191 Å². The van der Waals surface area contributed by atoms with Gasteiger partial charge in [0.1, 0.15) is 11.9 Å². The Hall–Kier alpha value is -3.59. The van der Waals surface area contributed by atoms with E-state index in [1.807, 2.05) is 38.1 Å². The van der Waals surface area contributed by atoms with Crippen molar-refractivity contribution in [3.8, 4) is 6.07 Å². The molecule has 32 heavy (non-hydrogen) atoms. The Bertz CT molecular complexity index is 1040. The van der Waals surface area contributed by atoms with Crippen LogP contribution in [0.15, 0.2) is 76.2 Å². The lowest BCUT2D eigenvalue weighted by atomic mass is 9.92. The summed E-state index contributed by atoms with van der Waals surface area (Å²) in [6.45, 7) is 15.2. The molecule has 1 aliphatic heterocycles. The summed E-state index contributed by atoms with van der Waals surface area (Å²) in [5.41, 5.74) is 13.3. The number of benzene rings is 1. The zero-order valence-electron chi connectivity index (χ0n) is 19.6. The molecule has 0 fully saturated rings. The molecule has 1 aliphatic rings. The largest absolute Gasteiger partial charge is 0.481 e. The number of hydrogen-bond donors (Lipinski definition) is 1. The van der Waals surface area contributed by atoms with Crippen molar-refractivity contribution in [1.29, 1.82) is 5.26 Å². The van der Waals surface area contributed by atoms with Crippen LogP contribution < -0.4 is 10.6 Å². The van der Waals surface area contributed by atoms with Gasteiger partial charge in [-0.15, -0.1) is 0 Å². The van der Waals surface area contributed by atoms with Gasteiger partial charge in [-0.2, -0.15) is 10.3 Å². The molecule has 0 radical (unpaired) electrons. The van der Waals surface area contributed by atoms with Crippen LogP contribution in [-0.2, 0) is 4.74 Å². The van der Waals surface area contributed by atoms with Crippen molar-refractivity contribution in [3.63, 3.8) is 0 Å². The topological polar surface area (TPSA) is 87.0 Å². The second kappa shape index (κ2) is 11.7. The summed E-state index contributed by atoms with van der Waals surface area (Å²) >= 11 is 0. The molecule has 6 heteroatoms. The van der Waals surface area contributed by atoms with Gasteiger partial charge in [0.2, 0.25) is 5.88 Å². The lowest BCUT2D eigenvalue weighted by Gasteiger charge is -2.33. The van der Waals surface area contributed by atoms with Crippen LogP contribution in [0.1, 0.15) is 44.2 Å². The first kappa shape index (κ1) is 24.7. The van der Waals surface area contributed by atoms with E-state index in [1.165, 1.54) is 18.3 Å². The van der Waals surface area contributed by atoms with Gasteiger partial charge in [-0.25, -0.2) is 0 Å². The van der Waals surface area contributed by atoms with Crippen molar-refractivity contribution in [3.05, 3.63) is 77.4 Å². The predicted octanol–water partition coefficient (Wildman–Crippen LogP) is 5.18. The lowest BCUT2D eigenvalue weighted by Crippen LogP contribution is -2.34. The van der Waals surface area contributed by atoms with Crippen LogP contribution in [-0.4, -0.2) is 31.7 Å². The molecule has 1 aromatic carbocycles. The average Bonchev–Trinajstić information content (AvgIpc) is 2.79. The Balaban J connectivity index is 2.26. The first-order chi connectivity index (χ1) is 15.3. The minimum atomic E-state index is 0.273. The van der Waals surface area contributed by atoms with Gasteiger partial charge in [0.15, 0.2) is 0 Å². The van der Waals surface area contributed by atoms with E-state index < -0.39 is 0 Å². The van der Waals surface area contributed by atoms with Crippen LogP contribution in [0.3, 0.4) is 0 Å². The van der Waals surface area contributed by atoms with Gasteiger partial charge < -0.3 is 15.4 Å². The quantitative estimate of drug-likeness (QED) is 0.332. The van der Waals surface area contributed by atoms with Crippen LogP contribution in [0.25, 0.3) is 0 Å². The normalized spacial score (nSPS) is 15.5. The second-order valence-corrected chi connectivity index (χ2v) is 7.73. The van der Waals surface area contributed by atoms with Crippen molar-refractivity contribution < 1.29 is 4.74 Å². The Morgan fingerprint density at radius 2 is 2.09 bits per heavy atom. The molecule has 1 aromatic rings. The zero-order chi connectivity index (χ0) is 23.7. The number of amidine groups is 1. The smallest absolute Gasteiger partial charge is 0.207 e. The molecule has 0 saturated heterocycles. The fraction of sp³-hybridized carbons (Fsp3) is 0.346. The van der Waals surface area contributed by atoms with Crippen molar-refractivity contribution >= 4 is 17.2 Å². The second-order valence-electron chi connectivity index (χ2n) is 7.73. The van der Waals surface area contributed by atoms with Crippen LogP contribution >= 0.6 is 0 Å². The Kier molecular flexibility index (Phi) is 9.03. The number of nitriles is 1. The highest BCUT2D eigenvalue weighted by Crippen LogP contribution is 2.29. The average molecular weight is 432 g/mol. The highest BCUT2D eigenvalue weighted by Gasteiger charge is 2.22. The molecule has 0 atom stereocenters. The SMILES string of the molecule is C=CN=C(CCC(=C/C)/C(N)=N\C(=C)OC)C1=C(C)CCN(c2ccc(C)cc2C#N)C1. The molecule has 0 spiro atoms. The van der Waals surface area contributed by atoms with Crippen molar-refractivity contribution in [2.45, 2.75) is 40.0 Å². The van der Waals surface area contributed by atoms with E-state index >= 15 is 0 Å². The van der Waals surface area contributed by atoms with E-state index in [1.54, 1.807) is 6.20 Å². The summed E-state index contributed by atoms with van der Waals surface area (Å²) in [6.07, 6.45) is 5.83. The highest BCUT2D eigenvalue weighted by atomic mass is 16.5. The molecular formula is C26H33N5O. The summed E-state index contributed by atoms with van der Waals surface area (Å²) < 4.78 is 5.01. The standard InChI is InChI=1S/C26H33N5O/c1-7-21(26(28)30-20(5)32-6)10-11-24(29-8-2)23-17-31(14-13-19(23)4)25-12-9-18(3)15-22(25)16-27/h7-9,12,15H,2,5,10-11,13-14,17H2,1,3-4,6H3,(H2,28,30)/b21-7-,29-24?. The molecule has 6 nitrogen and oxygen atoms in total. The molecule has 2 rings (SSSR count). The molecule has 2 N–H and O–H groups in total. The number of nitrogens with zero attached hydrogens (tertiary/aromatic N) is 4. The summed E-state index contributed by atoms with van der Waals surface area (Å²) in [4.78, 5) is 11.1. The Morgan fingerprint density at radius 3 is 2.72 bits per heavy atom. The third-order valence-corrected chi connectivity index (χ3v) is 5.62. The van der Waals surface area contributed by atoms with Crippen molar-refractivity contribution in [2.24, 2.45) is 15.7 Å². The predicted molar refractivity (Wildman–Crippen MR) is 134 cm³/mol. The molecule has 1 heterocycles. The number of allylic oxidation sites excluding steroid dienone is 1. The first-order valence-corrected chi connectivity index (χ1v) is 10.7. The van der Waals surface area contributed by atoms with E-state index in [0.717, 1.165) is 35.5 Å². The van der Waals surface area contributed by atoms with Gasteiger partial charge in [-0.05, 0) is 75.5 Å². The monoisotopic (exact) mass is 431 g/mol. The fourth-order valence-electron chi connectivity index (χ4n) is 3.75. The third kappa shape index (κ3) is 6.21. The number of aryl methyl sites for hydroxylation is 1. The summed E-state index contributed by atoms with van der Waals surface area (Å²) in [5, 5.41) is 9.62. The van der Waals surface area contributed by atoms with Gasteiger partial charge in [-0.3, -0.25) is 4.99 Å². The van der Waals surface area contributed by atoms with Crippen LogP contribution in [0, 0.1) is 18.3 Å². The first-order valence-electron chi connectivity index (χ1n) is 10.7. The molecule has 0 bridgehead atoms. The number of aliphatic imine (C=N–C) groups is 2. The maximum Gasteiger partial charge on any atom is 0.207 e. The number of hydrogen-bond acceptors (Lipinski definition) is 5. The molecular weight excluding hydrogens is 398 g/mol. The number of nitrogens with two attached hydrogens (primary N) is 1. The zero-order valence-corrected chi connectivity index (χ0v) is 19.6.